The second-order valence-corrected chi connectivity index (χ2v) is 4.40. The summed E-state index contributed by atoms with van der Waals surface area (Å²) in [6.07, 6.45) is 3.44. The molecule has 2 rings (SSSR count). The Hall–Kier alpha value is -2.14. The Labute approximate surface area is 112 Å². The number of hydrogen-bond donors (Lipinski definition) is 2. The second-order valence-electron chi connectivity index (χ2n) is 4.40. The van der Waals surface area contributed by atoms with E-state index in [2.05, 4.69) is 10.4 Å². The third-order valence-corrected chi connectivity index (χ3v) is 3.03. The van der Waals surface area contributed by atoms with Crippen LogP contribution < -0.4 is 11.1 Å². The first-order valence-corrected chi connectivity index (χ1v) is 6.25. The van der Waals surface area contributed by atoms with Crippen LogP contribution in [0.25, 0.3) is 0 Å². The Balaban J connectivity index is 1.89. The smallest absolute Gasteiger partial charge is 0.244 e. The van der Waals surface area contributed by atoms with Crippen LogP contribution in [0.2, 0.25) is 0 Å². The lowest BCUT2D eigenvalue weighted by Crippen LogP contribution is -2.30. The van der Waals surface area contributed by atoms with E-state index in [4.69, 9.17) is 5.73 Å². The normalized spacial score (nSPS) is 12.1. The van der Waals surface area contributed by atoms with E-state index in [0.717, 1.165) is 11.1 Å². The third-order valence-electron chi connectivity index (χ3n) is 3.03. The highest BCUT2D eigenvalue weighted by Crippen LogP contribution is 2.06. The quantitative estimate of drug-likeness (QED) is 0.847. The predicted molar refractivity (Wildman–Crippen MR) is 73.1 cm³/mol. The van der Waals surface area contributed by atoms with Crippen molar-refractivity contribution < 1.29 is 4.79 Å². The van der Waals surface area contributed by atoms with Gasteiger partial charge in [-0.3, -0.25) is 9.48 Å². The standard InChI is InChI=1S/C14H18N4O/c1-11(18-8-2-7-17-18)14(19)16-10-13-5-3-12(9-15)4-6-13/h2-8,11H,9-10,15H2,1H3,(H,16,19). The summed E-state index contributed by atoms with van der Waals surface area (Å²) < 4.78 is 1.63. The van der Waals surface area contributed by atoms with Crippen molar-refractivity contribution >= 4 is 5.91 Å². The Kier molecular flexibility index (Phi) is 4.30. The fraction of sp³-hybridized carbons (Fsp3) is 0.286. The van der Waals surface area contributed by atoms with Crippen LogP contribution in [0.15, 0.2) is 42.7 Å². The van der Waals surface area contributed by atoms with Crippen LogP contribution in [0.5, 0.6) is 0 Å². The number of nitrogens with two attached hydrogens (primary N) is 1. The predicted octanol–water partition coefficient (Wildman–Crippen LogP) is 1.22. The average molecular weight is 258 g/mol. The van der Waals surface area contributed by atoms with Gasteiger partial charge in [-0.05, 0) is 24.1 Å². The molecular weight excluding hydrogens is 240 g/mol. The molecule has 1 atom stereocenters. The molecule has 0 bridgehead atoms. The maximum Gasteiger partial charge on any atom is 0.244 e. The van der Waals surface area contributed by atoms with Crippen molar-refractivity contribution in [3.05, 3.63) is 53.9 Å². The number of hydrogen-bond acceptors (Lipinski definition) is 3. The minimum absolute atomic E-state index is 0.0494. The van der Waals surface area contributed by atoms with Crippen LogP contribution in [0.4, 0.5) is 0 Å². The van der Waals surface area contributed by atoms with E-state index < -0.39 is 0 Å². The largest absolute Gasteiger partial charge is 0.350 e. The Morgan fingerprint density at radius 1 is 1.37 bits per heavy atom. The zero-order valence-electron chi connectivity index (χ0n) is 10.9. The Morgan fingerprint density at radius 2 is 2.05 bits per heavy atom. The zero-order valence-corrected chi connectivity index (χ0v) is 10.9. The summed E-state index contributed by atoms with van der Waals surface area (Å²) >= 11 is 0. The summed E-state index contributed by atoms with van der Waals surface area (Å²) in [6.45, 7) is 2.86. The van der Waals surface area contributed by atoms with Crippen LogP contribution >= 0.6 is 0 Å². The van der Waals surface area contributed by atoms with Gasteiger partial charge in [0.25, 0.3) is 0 Å². The molecule has 0 radical (unpaired) electrons. The molecule has 1 amide bonds. The van der Waals surface area contributed by atoms with Crippen LogP contribution in [-0.2, 0) is 17.9 Å². The van der Waals surface area contributed by atoms with Crippen molar-refractivity contribution in [3.63, 3.8) is 0 Å². The molecule has 5 heteroatoms. The molecule has 0 aliphatic carbocycles. The first-order valence-electron chi connectivity index (χ1n) is 6.25. The van der Waals surface area contributed by atoms with E-state index >= 15 is 0 Å². The van der Waals surface area contributed by atoms with E-state index in [1.165, 1.54) is 0 Å². The summed E-state index contributed by atoms with van der Waals surface area (Å²) in [5, 5.41) is 6.95. The number of nitrogens with one attached hydrogen (secondary N) is 1. The molecule has 1 unspecified atom stereocenters. The van der Waals surface area contributed by atoms with Crippen molar-refractivity contribution in [1.29, 1.82) is 0 Å². The second kappa shape index (κ2) is 6.15. The van der Waals surface area contributed by atoms with Gasteiger partial charge < -0.3 is 11.1 Å². The van der Waals surface area contributed by atoms with Gasteiger partial charge in [-0.1, -0.05) is 24.3 Å². The summed E-state index contributed by atoms with van der Waals surface area (Å²) in [7, 11) is 0. The van der Waals surface area contributed by atoms with Crippen LogP contribution in [0.1, 0.15) is 24.1 Å². The number of amides is 1. The van der Waals surface area contributed by atoms with Crippen molar-refractivity contribution in [1.82, 2.24) is 15.1 Å². The molecule has 1 aromatic carbocycles. The fourth-order valence-electron chi connectivity index (χ4n) is 1.76. The molecule has 0 fully saturated rings. The van der Waals surface area contributed by atoms with Gasteiger partial charge in [0.1, 0.15) is 6.04 Å². The Morgan fingerprint density at radius 3 is 2.63 bits per heavy atom. The van der Waals surface area contributed by atoms with Gasteiger partial charge in [0.2, 0.25) is 5.91 Å². The number of rotatable bonds is 5. The monoisotopic (exact) mass is 258 g/mol. The number of benzene rings is 1. The minimum atomic E-state index is -0.307. The maximum absolute atomic E-state index is 11.9. The lowest BCUT2D eigenvalue weighted by Gasteiger charge is -2.12. The minimum Gasteiger partial charge on any atom is -0.350 e. The van der Waals surface area contributed by atoms with Crippen molar-refractivity contribution in [2.75, 3.05) is 0 Å². The van der Waals surface area contributed by atoms with Crippen molar-refractivity contribution in [2.45, 2.75) is 26.1 Å². The fourth-order valence-corrected chi connectivity index (χ4v) is 1.76. The number of aromatic nitrogens is 2. The summed E-state index contributed by atoms with van der Waals surface area (Å²) in [5.41, 5.74) is 7.67. The first-order chi connectivity index (χ1) is 9.20. The average Bonchev–Trinajstić information content (AvgIpc) is 2.98. The zero-order chi connectivity index (χ0) is 13.7. The Bertz CT molecular complexity index is 519. The molecule has 0 aliphatic heterocycles. The molecule has 19 heavy (non-hydrogen) atoms. The topological polar surface area (TPSA) is 72.9 Å². The van der Waals surface area contributed by atoms with E-state index in [1.54, 1.807) is 23.1 Å². The first kappa shape index (κ1) is 13.3. The maximum atomic E-state index is 11.9. The molecule has 1 aromatic heterocycles. The molecule has 3 N–H and O–H groups in total. The summed E-state index contributed by atoms with van der Waals surface area (Å²) in [6, 6.07) is 9.38. The highest BCUT2D eigenvalue weighted by atomic mass is 16.2. The van der Waals surface area contributed by atoms with Gasteiger partial charge >= 0.3 is 0 Å². The van der Waals surface area contributed by atoms with E-state index in [-0.39, 0.29) is 11.9 Å². The highest BCUT2D eigenvalue weighted by molar-refractivity contribution is 5.79. The highest BCUT2D eigenvalue weighted by Gasteiger charge is 2.13. The van der Waals surface area contributed by atoms with Crippen LogP contribution in [0, 0.1) is 0 Å². The van der Waals surface area contributed by atoms with E-state index in [0.29, 0.717) is 13.1 Å². The molecule has 0 saturated carbocycles. The van der Waals surface area contributed by atoms with Crippen LogP contribution in [-0.4, -0.2) is 15.7 Å². The lowest BCUT2D eigenvalue weighted by atomic mass is 10.1. The molecule has 0 aliphatic rings. The molecule has 0 saturated heterocycles. The van der Waals surface area contributed by atoms with Gasteiger partial charge in [-0.25, -0.2) is 0 Å². The van der Waals surface area contributed by atoms with Crippen molar-refractivity contribution in [2.24, 2.45) is 5.73 Å². The molecule has 5 nitrogen and oxygen atoms in total. The molecular formula is C14H18N4O. The third kappa shape index (κ3) is 3.42. The van der Waals surface area contributed by atoms with Gasteiger partial charge in [0.15, 0.2) is 0 Å². The summed E-state index contributed by atoms with van der Waals surface area (Å²) in [4.78, 5) is 11.9. The number of carbonyl (C=O) groups is 1. The lowest BCUT2D eigenvalue weighted by molar-refractivity contribution is -0.124. The number of nitrogens with zero attached hydrogens (tertiary/aromatic N) is 2. The summed E-state index contributed by atoms with van der Waals surface area (Å²) in [5.74, 6) is -0.0494. The molecule has 1 heterocycles. The van der Waals surface area contributed by atoms with Crippen molar-refractivity contribution in [3.8, 4) is 0 Å². The number of carbonyl (C=O) groups excluding carboxylic acids is 1. The SMILES string of the molecule is CC(C(=O)NCc1ccc(CN)cc1)n1cccn1. The molecule has 100 valence electrons. The van der Waals surface area contributed by atoms with E-state index in [1.807, 2.05) is 31.2 Å². The van der Waals surface area contributed by atoms with Gasteiger partial charge in [0, 0.05) is 25.5 Å². The van der Waals surface area contributed by atoms with Crippen LogP contribution in [0.3, 0.4) is 0 Å². The molecule has 2 aromatic rings. The van der Waals surface area contributed by atoms with E-state index in [9.17, 15) is 4.79 Å². The molecule has 0 spiro atoms. The van der Waals surface area contributed by atoms with Gasteiger partial charge in [0.05, 0.1) is 0 Å². The van der Waals surface area contributed by atoms with Gasteiger partial charge in [-0.2, -0.15) is 5.10 Å². The van der Waals surface area contributed by atoms with Gasteiger partial charge in [-0.15, -0.1) is 0 Å².